The lowest BCUT2D eigenvalue weighted by Gasteiger charge is -2.31. The van der Waals surface area contributed by atoms with E-state index in [4.69, 9.17) is 13.6 Å². The molecule has 0 aromatic rings. The molecular weight excluding hydrogens is 271 g/mol. The molecule has 2 aliphatic heterocycles. The van der Waals surface area contributed by atoms with Gasteiger partial charge in [-0.3, -0.25) is 18.4 Å². The first-order valence-electron chi connectivity index (χ1n) is 6.01. The van der Waals surface area contributed by atoms with E-state index in [1.54, 1.807) is 25.2 Å². The third kappa shape index (κ3) is 3.15. The highest BCUT2D eigenvalue weighted by molar-refractivity contribution is 7.48. The van der Waals surface area contributed by atoms with Gasteiger partial charge in [0.2, 0.25) is 0 Å². The number of esters is 1. The molecule has 19 heavy (non-hydrogen) atoms. The topological polar surface area (TPSA) is 71.1 Å². The van der Waals surface area contributed by atoms with Crippen LogP contribution in [0.4, 0.5) is 0 Å². The van der Waals surface area contributed by atoms with Crippen molar-refractivity contribution >= 4 is 13.8 Å². The van der Waals surface area contributed by atoms with Gasteiger partial charge >= 0.3 is 13.8 Å². The Kier molecular flexibility index (Phi) is 4.26. The van der Waals surface area contributed by atoms with Crippen LogP contribution in [-0.2, 0) is 27.7 Å². The number of fused-ring (bicyclic) bond motifs is 2. The summed E-state index contributed by atoms with van der Waals surface area (Å²) in [6.45, 7) is 5.25. The fraction of sp³-hybridized carbons (Fsp3) is 0.583. The fourth-order valence-corrected chi connectivity index (χ4v) is 3.66. The second kappa shape index (κ2) is 5.59. The van der Waals surface area contributed by atoms with E-state index in [-0.39, 0.29) is 12.2 Å². The lowest BCUT2D eigenvalue weighted by Crippen LogP contribution is -2.28. The van der Waals surface area contributed by atoms with Gasteiger partial charge in [-0.25, -0.2) is 4.57 Å². The van der Waals surface area contributed by atoms with Gasteiger partial charge in [-0.1, -0.05) is 18.2 Å². The average Bonchev–Trinajstić information content (AvgIpc) is 2.52. The molecule has 0 aromatic heterocycles. The van der Waals surface area contributed by atoms with E-state index in [1.165, 1.54) is 7.11 Å². The van der Waals surface area contributed by atoms with E-state index in [0.717, 1.165) is 0 Å². The van der Waals surface area contributed by atoms with Crippen molar-refractivity contribution in [2.24, 2.45) is 5.92 Å². The first-order valence-corrected chi connectivity index (χ1v) is 7.47. The Morgan fingerprint density at radius 1 is 1.47 bits per heavy atom. The minimum Gasteiger partial charge on any atom is -0.469 e. The average molecular weight is 288 g/mol. The van der Waals surface area contributed by atoms with Crippen LogP contribution in [0.5, 0.6) is 0 Å². The minimum absolute atomic E-state index is 0.363. The third-order valence-corrected chi connectivity index (χ3v) is 4.65. The summed E-state index contributed by atoms with van der Waals surface area (Å²) in [5.74, 6) is -1.04. The molecule has 0 amide bonds. The third-order valence-electron chi connectivity index (χ3n) is 3.09. The number of rotatable bonds is 3. The molecule has 106 valence electrons. The number of ether oxygens (including phenoxy) is 1. The standard InChI is InChI=1S/C12H17O6P/c1-4-9-7-10-5-6-11(8(2)12(13)15-3)18-19(14,16-9)17-10/h4-6,8-11H,1,7H2,2-3H3/t8-,9-,10-,11+,19?/m1/s1. The van der Waals surface area contributed by atoms with Crippen molar-refractivity contribution in [2.75, 3.05) is 7.11 Å². The smallest absolute Gasteiger partial charge is 0.469 e. The molecule has 0 aromatic carbocycles. The van der Waals surface area contributed by atoms with Gasteiger partial charge in [0, 0.05) is 6.42 Å². The molecule has 1 unspecified atom stereocenters. The Bertz CT molecular complexity index is 446. The maximum atomic E-state index is 12.4. The Labute approximate surface area is 112 Å². The fourth-order valence-electron chi connectivity index (χ4n) is 1.97. The highest BCUT2D eigenvalue weighted by atomic mass is 31.2. The van der Waals surface area contributed by atoms with Crippen molar-refractivity contribution in [1.29, 1.82) is 0 Å². The van der Waals surface area contributed by atoms with Gasteiger partial charge in [0.15, 0.2) is 0 Å². The number of carbonyl (C=O) groups excluding carboxylic acids is 1. The van der Waals surface area contributed by atoms with Gasteiger partial charge in [-0.15, -0.1) is 6.58 Å². The highest BCUT2D eigenvalue weighted by Crippen LogP contribution is 2.58. The SMILES string of the molecule is C=C[C@@H]1C[C@H]2C=C[C@@H]([C@@H](C)C(=O)OC)OP(=O)(O1)O2. The molecule has 2 bridgehead atoms. The molecule has 1 fully saturated rings. The molecule has 0 spiro atoms. The minimum atomic E-state index is -3.68. The lowest BCUT2D eigenvalue weighted by molar-refractivity contribution is -0.147. The van der Waals surface area contributed by atoms with E-state index in [0.29, 0.717) is 6.42 Å². The van der Waals surface area contributed by atoms with Gasteiger partial charge < -0.3 is 4.74 Å². The molecule has 0 saturated carbocycles. The Balaban J connectivity index is 2.20. The Morgan fingerprint density at radius 2 is 2.21 bits per heavy atom. The molecule has 6 nitrogen and oxygen atoms in total. The van der Waals surface area contributed by atoms with Crippen molar-refractivity contribution in [3.63, 3.8) is 0 Å². The molecule has 0 N–H and O–H groups in total. The van der Waals surface area contributed by atoms with Crippen LogP contribution in [0.25, 0.3) is 0 Å². The number of phosphoric acid groups is 1. The largest absolute Gasteiger partial charge is 0.476 e. The lowest BCUT2D eigenvalue weighted by atomic mass is 10.0. The molecule has 5 atom stereocenters. The zero-order valence-electron chi connectivity index (χ0n) is 10.9. The van der Waals surface area contributed by atoms with Crippen molar-refractivity contribution in [3.05, 3.63) is 24.8 Å². The number of hydrogen-bond donors (Lipinski definition) is 0. The maximum absolute atomic E-state index is 12.4. The van der Waals surface area contributed by atoms with Crippen molar-refractivity contribution < 1.29 is 27.7 Å². The van der Waals surface area contributed by atoms with Crippen LogP contribution < -0.4 is 0 Å². The van der Waals surface area contributed by atoms with E-state index in [1.807, 2.05) is 0 Å². The van der Waals surface area contributed by atoms with Crippen LogP contribution >= 0.6 is 7.82 Å². The summed E-state index contributed by atoms with van der Waals surface area (Å²) < 4.78 is 32.9. The first kappa shape index (κ1) is 14.5. The number of hydrogen-bond acceptors (Lipinski definition) is 6. The Hall–Kier alpha value is -0.940. The van der Waals surface area contributed by atoms with Crippen LogP contribution in [-0.4, -0.2) is 31.4 Å². The summed E-state index contributed by atoms with van der Waals surface area (Å²) >= 11 is 0. The summed E-state index contributed by atoms with van der Waals surface area (Å²) in [4.78, 5) is 11.5. The van der Waals surface area contributed by atoms with E-state index in [9.17, 15) is 9.36 Å². The zero-order chi connectivity index (χ0) is 14.0. The summed E-state index contributed by atoms with van der Waals surface area (Å²) in [6.07, 6.45) is 4.03. The highest BCUT2D eigenvalue weighted by Gasteiger charge is 2.44. The summed E-state index contributed by atoms with van der Waals surface area (Å²) in [5, 5.41) is 0. The quantitative estimate of drug-likeness (QED) is 0.450. The van der Waals surface area contributed by atoms with Crippen molar-refractivity contribution in [1.82, 2.24) is 0 Å². The van der Waals surface area contributed by atoms with Crippen LogP contribution in [0.1, 0.15) is 13.3 Å². The number of carbonyl (C=O) groups is 1. The van der Waals surface area contributed by atoms with Gasteiger partial charge in [0.1, 0.15) is 6.10 Å². The summed E-state index contributed by atoms with van der Waals surface area (Å²) in [6, 6.07) is 0. The predicted molar refractivity (Wildman–Crippen MR) is 67.4 cm³/mol. The molecular formula is C12H17O6P. The van der Waals surface area contributed by atoms with Gasteiger partial charge in [0.05, 0.1) is 25.2 Å². The Morgan fingerprint density at radius 3 is 2.84 bits per heavy atom. The van der Waals surface area contributed by atoms with Gasteiger partial charge in [0.25, 0.3) is 0 Å². The zero-order valence-corrected chi connectivity index (χ0v) is 11.7. The number of phosphoric ester groups is 1. The van der Waals surface area contributed by atoms with Crippen molar-refractivity contribution in [2.45, 2.75) is 31.7 Å². The van der Waals surface area contributed by atoms with Crippen LogP contribution in [0, 0.1) is 5.92 Å². The van der Waals surface area contributed by atoms with E-state index < -0.39 is 25.8 Å². The molecule has 2 heterocycles. The summed E-state index contributed by atoms with van der Waals surface area (Å²) in [5.41, 5.74) is 0. The maximum Gasteiger partial charge on any atom is 0.476 e. The predicted octanol–water partition coefficient (Wildman–Crippen LogP) is 2.22. The molecule has 2 aliphatic rings. The van der Waals surface area contributed by atoms with Crippen LogP contribution in [0.2, 0.25) is 0 Å². The second-order valence-electron chi connectivity index (χ2n) is 4.47. The molecule has 2 rings (SSSR count). The normalized spacial score (nSPS) is 39.2. The first-order chi connectivity index (χ1) is 8.97. The van der Waals surface area contributed by atoms with Gasteiger partial charge in [-0.05, 0) is 6.92 Å². The monoisotopic (exact) mass is 288 g/mol. The summed E-state index contributed by atoms with van der Waals surface area (Å²) in [7, 11) is -2.39. The van der Waals surface area contributed by atoms with Crippen molar-refractivity contribution in [3.8, 4) is 0 Å². The van der Waals surface area contributed by atoms with Gasteiger partial charge in [-0.2, -0.15) is 0 Å². The second-order valence-corrected chi connectivity index (χ2v) is 6.00. The van der Waals surface area contributed by atoms with Crippen LogP contribution in [0.3, 0.4) is 0 Å². The number of methoxy groups -OCH3 is 1. The molecule has 1 saturated heterocycles. The molecule has 7 heteroatoms. The van der Waals surface area contributed by atoms with E-state index >= 15 is 0 Å². The van der Waals surface area contributed by atoms with Crippen LogP contribution in [0.15, 0.2) is 24.8 Å². The molecule has 0 aliphatic carbocycles. The van der Waals surface area contributed by atoms with E-state index in [2.05, 4.69) is 11.3 Å². The molecule has 0 radical (unpaired) electrons.